The lowest BCUT2D eigenvalue weighted by molar-refractivity contribution is -0.142. The highest BCUT2D eigenvalue weighted by Gasteiger charge is 2.37. The van der Waals surface area contributed by atoms with E-state index in [9.17, 15) is 14.4 Å². The van der Waals surface area contributed by atoms with Crippen LogP contribution in [0.25, 0.3) is 0 Å². The molecule has 1 amide bonds. The molecule has 1 saturated heterocycles. The van der Waals surface area contributed by atoms with Gasteiger partial charge in [-0.3, -0.25) is 14.5 Å². The minimum Gasteiger partial charge on any atom is -0.430 e. The number of hydrogen-bond acceptors (Lipinski definition) is 6. The van der Waals surface area contributed by atoms with Gasteiger partial charge >= 0.3 is 6.09 Å². The molecular weight excluding hydrogens is 636 g/mol. The van der Waals surface area contributed by atoms with Crippen LogP contribution in [0.5, 0.6) is 0 Å². The van der Waals surface area contributed by atoms with Crippen LogP contribution in [0.15, 0.2) is 24.3 Å². The van der Waals surface area contributed by atoms with Crippen LogP contribution >= 0.6 is 0 Å². The van der Waals surface area contributed by atoms with Crippen LogP contribution in [0, 0.1) is 5.92 Å². The van der Waals surface area contributed by atoms with Crippen LogP contribution < -0.4 is 5.73 Å². The zero-order chi connectivity index (χ0) is 37.0. The van der Waals surface area contributed by atoms with Gasteiger partial charge in [-0.25, -0.2) is 4.79 Å². The Hall–Kier alpha value is -1.99. The smallest absolute Gasteiger partial charge is 0.406 e. The number of rotatable bonds is 36. The van der Waals surface area contributed by atoms with Gasteiger partial charge in [-0.15, -0.1) is 0 Å². The van der Waals surface area contributed by atoms with Crippen molar-refractivity contribution in [1.82, 2.24) is 4.90 Å². The number of ether oxygens (including phenoxy) is 2. The van der Waals surface area contributed by atoms with Gasteiger partial charge in [0.15, 0.2) is 6.23 Å². The Morgan fingerprint density at radius 2 is 0.980 bits per heavy atom. The molecule has 2 N–H and O–H groups in total. The standard InChI is InChI=1S/C44H80N2O5/c1-3-5-7-9-11-13-15-17-19-21-23-25-27-29-31-33-40(47)39-41(43(51-44(45)49)46-35-37-50-38-36-46)42(48)34-32-30-28-26-24-22-20-18-16-14-12-10-8-6-4-2/h17-20,41,43H,3-16,21-39H2,1-2H3,(H2,45,49)/b19-17-,20-18-. The van der Waals surface area contributed by atoms with Gasteiger partial charge in [0.1, 0.15) is 11.6 Å². The molecule has 0 radical (unpaired) electrons. The molecule has 7 nitrogen and oxygen atoms in total. The zero-order valence-electron chi connectivity index (χ0n) is 33.4. The summed E-state index contributed by atoms with van der Waals surface area (Å²) in [4.78, 5) is 40.7. The third-order valence-corrected chi connectivity index (χ3v) is 10.3. The summed E-state index contributed by atoms with van der Waals surface area (Å²) in [6, 6.07) is 0. The van der Waals surface area contributed by atoms with Crippen LogP contribution in [0.4, 0.5) is 4.79 Å². The molecule has 1 rings (SSSR count). The average molecular weight is 717 g/mol. The van der Waals surface area contributed by atoms with Gasteiger partial charge in [0, 0.05) is 32.4 Å². The molecule has 0 aromatic carbocycles. The number of allylic oxidation sites excluding steroid dienone is 4. The second-order valence-corrected chi connectivity index (χ2v) is 15.0. The van der Waals surface area contributed by atoms with Crippen molar-refractivity contribution in [2.24, 2.45) is 11.7 Å². The number of nitrogens with zero attached hydrogens (tertiary/aromatic N) is 1. The first-order valence-electron chi connectivity index (χ1n) is 21.6. The minimum absolute atomic E-state index is 0.00303. The van der Waals surface area contributed by atoms with E-state index in [0.29, 0.717) is 39.1 Å². The fourth-order valence-corrected chi connectivity index (χ4v) is 7.03. The number of ketones is 2. The Labute approximate surface area is 314 Å². The van der Waals surface area contributed by atoms with Gasteiger partial charge in [-0.1, -0.05) is 141 Å². The summed E-state index contributed by atoms with van der Waals surface area (Å²) in [5, 5.41) is 0. The highest BCUT2D eigenvalue weighted by atomic mass is 16.6. The van der Waals surface area contributed by atoms with Gasteiger partial charge in [0.2, 0.25) is 0 Å². The SMILES string of the molecule is CCCCCCCC/C=C\CCCCCCCC(=O)CC(C(=O)CCCCCCC/C=C\CCCCCCCC)C(OC(N)=O)N1CCOCC1. The molecule has 2 unspecified atom stereocenters. The van der Waals surface area contributed by atoms with Crippen molar-refractivity contribution < 1.29 is 23.9 Å². The normalized spacial score (nSPS) is 15.1. The van der Waals surface area contributed by atoms with Crippen molar-refractivity contribution in [2.45, 2.75) is 206 Å². The highest BCUT2D eigenvalue weighted by molar-refractivity contribution is 5.88. The van der Waals surface area contributed by atoms with Crippen molar-refractivity contribution in [1.29, 1.82) is 0 Å². The second-order valence-electron chi connectivity index (χ2n) is 15.0. The molecule has 1 fully saturated rings. The fraction of sp³-hybridized carbons (Fsp3) is 0.841. The van der Waals surface area contributed by atoms with E-state index in [1.54, 1.807) is 0 Å². The predicted octanol–water partition coefficient (Wildman–Crippen LogP) is 12.0. The third-order valence-electron chi connectivity index (χ3n) is 10.3. The van der Waals surface area contributed by atoms with E-state index in [-0.39, 0.29) is 18.0 Å². The highest BCUT2D eigenvalue weighted by Crippen LogP contribution is 2.24. The van der Waals surface area contributed by atoms with Crippen LogP contribution in [0.1, 0.15) is 200 Å². The van der Waals surface area contributed by atoms with E-state index in [1.165, 1.54) is 109 Å². The van der Waals surface area contributed by atoms with E-state index in [2.05, 4.69) is 38.2 Å². The van der Waals surface area contributed by atoms with E-state index in [4.69, 9.17) is 15.2 Å². The molecule has 1 heterocycles. The number of Topliss-reactive ketones (excluding diaryl/α,β-unsaturated/α-hetero) is 2. The largest absolute Gasteiger partial charge is 0.430 e. The summed E-state index contributed by atoms with van der Waals surface area (Å²) in [5.74, 6) is -0.617. The number of carbonyl (C=O) groups is 3. The van der Waals surface area contributed by atoms with Gasteiger partial charge in [-0.05, 0) is 64.2 Å². The number of primary amides is 1. The van der Waals surface area contributed by atoms with Crippen molar-refractivity contribution in [2.75, 3.05) is 26.3 Å². The van der Waals surface area contributed by atoms with E-state index in [1.807, 2.05) is 4.90 Å². The van der Waals surface area contributed by atoms with Crippen molar-refractivity contribution in [3.8, 4) is 0 Å². The van der Waals surface area contributed by atoms with E-state index in [0.717, 1.165) is 57.8 Å². The molecule has 0 aliphatic carbocycles. The van der Waals surface area contributed by atoms with E-state index < -0.39 is 18.2 Å². The van der Waals surface area contributed by atoms with Gasteiger partial charge in [0.25, 0.3) is 0 Å². The summed E-state index contributed by atoms with van der Waals surface area (Å²) < 4.78 is 11.1. The van der Waals surface area contributed by atoms with Crippen LogP contribution in [0.3, 0.4) is 0 Å². The molecule has 1 aliphatic heterocycles. The Bertz CT molecular complexity index is 898. The second kappa shape index (κ2) is 35.1. The number of unbranched alkanes of at least 4 members (excludes halogenated alkanes) is 22. The lowest BCUT2D eigenvalue weighted by atomic mass is 9.89. The Balaban J connectivity index is 2.39. The first kappa shape index (κ1) is 47.0. The topological polar surface area (TPSA) is 98.9 Å². The maximum atomic E-state index is 13.6. The minimum atomic E-state index is -0.907. The zero-order valence-corrected chi connectivity index (χ0v) is 33.4. The summed E-state index contributed by atoms with van der Waals surface area (Å²) in [6.07, 6.45) is 39.9. The van der Waals surface area contributed by atoms with Crippen molar-refractivity contribution >= 4 is 17.7 Å². The quantitative estimate of drug-likeness (QED) is 0.0512. The molecule has 0 aromatic rings. The fourth-order valence-electron chi connectivity index (χ4n) is 7.03. The Morgan fingerprint density at radius 3 is 1.41 bits per heavy atom. The monoisotopic (exact) mass is 717 g/mol. The summed E-state index contributed by atoms with van der Waals surface area (Å²) in [6.45, 7) is 6.59. The third kappa shape index (κ3) is 28.2. The number of morpholine rings is 1. The number of nitrogens with two attached hydrogens (primary N) is 1. The van der Waals surface area contributed by atoms with Crippen LogP contribution in [-0.2, 0) is 19.1 Å². The van der Waals surface area contributed by atoms with Crippen molar-refractivity contribution in [3.63, 3.8) is 0 Å². The maximum absolute atomic E-state index is 13.6. The molecular formula is C44H80N2O5. The molecule has 1 aliphatic rings. The number of carbonyl (C=O) groups excluding carboxylic acids is 3. The first-order valence-corrected chi connectivity index (χ1v) is 21.6. The lowest BCUT2D eigenvalue weighted by Gasteiger charge is -2.37. The van der Waals surface area contributed by atoms with Crippen LogP contribution in [-0.4, -0.2) is 55.1 Å². The van der Waals surface area contributed by atoms with Gasteiger partial charge < -0.3 is 15.2 Å². The molecule has 7 heteroatoms. The summed E-state index contributed by atoms with van der Waals surface area (Å²) in [5.41, 5.74) is 5.48. The first-order chi connectivity index (χ1) is 25.0. The average Bonchev–Trinajstić information content (AvgIpc) is 3.13. The molecule has 0 aromatic heterocycles. The molecule has 2 atom stereocenters. The number of amides is 1. The molecule has 296 valence electrons. The number of hydrogen-bond donors (Lipinski definition) is 1. The molecule has 0 saturated carbocycles. The molecule has 51 heavy (non-hydrogen) atoms. The van der Waals surface area contributed by atoms with Crippen molar-refractivity contribution in [3.05, 3.63) is 24.3 Å². The Morgan fingerprint density at radius 1 is 0.588 bits per heavy atom. The van der Waals surface area contributed by atoms with E-state index >= 15 is 0 Å². The molecule has 0 spiro atoms. The maximum Gasteiger partial charge on any atom is 0.406 e. The lowest BCUT2D eigenvalue weighted by Crippen LogP contribution is -2.52. The molecule has 0 bridgehead atoms. The van der Waals surface area contributed by atoms with Gasteiger partial charge in [-0.2, -0.15) is 0 Å². The Kier molecular flexibility index (Phi) is 32.3. The summed E-state index contributed by atoms with van der Waals surface area (Å²) in [7, 11) is 0. The van der Waals surface area contributed by atoms with Crippen LogP contribution in [0.2, 0.25) is 0 Å². The van der Waals surface area contributed by atoms with Gasteiger partial charge in [0.05, 0.1) is 19.1 Å². The summed E-state index contributed by atoms with van der Waals surface area (Å²) >= 11 is 0. The predicted molar refractivity (Wildman–Crippen MR) is 214 cm³/mol.